The first-order chi connectivity index (χ1) is 12.4. The number of rotatable bonds is 4. The van der Waals surface area contributed by atoms with Gasteiger partial charge in [0.1, 0.15) is 0 Å². The zero-order valence-corrected chi connectivity index (χ0v) is 17.6. The molecule has 7 nitrogen and oxygen atoms in total. The standard InChI is InChI=1S/C19H28N6O.ClH/c1-12-10-13(2)22-19(21-12)25-15(4)17(14(3)23-25)11-18(26)24-8-6-16(20-5)7-9-24;/h10,16,20H,6-9,11H2,1-5H3;1H. The molecule has 1 fully saturated rings. The molecule has 1 aliphatic rings. The Hall–Kier alpha value is -1.99. The highest BCUT2D eigenvalue weighted by atomic mass is 35.5. The molecule has 0 aliphatic carbocycles. The first kappa shape index (κ1) is 21.3. The van der Waals surface area contributed by atoms with Crippen LogP contribution in [-0.2, 0) is 11.2 Å². The summed E-state index contributed by atoms with van der Waals surface area (Å²) < 4.78 is 1.76. The van der Waals surface area contributed by atoms with Gasteiger partial charge in [0.15, 0.2) is 0 Å². The molecule has 1 aliphatic heterocycles. The van der Waals surface area contributed by atoms with E-state index >= 15 is 0 Å². The summed E-state index contributed by atoms with van der Waals surface area (Å²) in [4.78, 5) is 23.7. The van der Waals surface area contributed by atoms with Crippen LogP contribution in [0.1, 0.15) is 41.2 Å². The van der Waals surface area contributed by atoms with Crippen LogP contribution in [0.15, 0.2) is 6.07 Å². The molecule has 8 heteroatoms. The van der Waals surface area contributed by atoms with Crippen molar-refractivity contribution in [2.75, 3.05) is 20.1 Å². The molecule has 0 unspecified atom stereocenters. The van der Waals surface area contributed by atoms with Crippen molar-refractivity contribution in [3.05, 3.63) is 34.4 Å². The maximum atomic E-state index is 12.8. The van der Waals surface area contributed by atoms with Crippen molar-refractivity contribution in [2.45, 2.75) is 53.0 Å². The number of carbonyl (C=O) groups excluding carboxylic acids is 1. The Balaban J connectivity index is 0.00000261. The minimum Gasteiger partial charge on any atom is -0.342 e. The number of aryl methyl sites for hydroxylation is 3. The number of likely N-dealkylation sites (tertiary alicyclic amines) is 1. The van der Waals surface area contributed by atoms with E-state index in [9.17, 15) is 4.79 Å². The lowest BCUT2D eigenvalue weighted by Gasteiger charge is -2.31. The van der Waals surface area contributed by atoms with Gasteiger partial charge in [0.25, 0.3) is 5.95 Å². The van der Waals surface area contributed by atoms with Crippen LogP contribution in [0.4, 0.5) is 0 Å². The van der Waals surface area contributed by atoms with E-state index in [1.165, 1.54) is 0 Å². The number of halogens is 1. The Bertz CT molecular complexity index is 791. The molecule has 2 aromatic rings. The maximum absolute atomic E-state index is 12.8. The topological polar surface area (TPSA) is 75.9 Å². The zero-order chi connectivity index (χ0) is 18.8. The Labute approximate surface area is 167 Å². The summed E-state index contributed by atoms with van der Waals surface area (Å²) in [5.41, 5.74) is 4.60. The minimum atomic E-state index is 0. The fourth-order valence-corrected chi connectivity index (χ4v) is 3.61. The Morgan fingerprint density at radius 1 is 1.15 bits per heavy atom. The average molecular weight is 393 g/mol. The number of hydrogen-bond acceptors (Lipinski definition) is 5. The SMILES string of the molecule is CNC1CCN(C(=O)Cc2c(C)nn(-c3nc(C)cc(C)n3)c2C)CC1.Cl. The van der Waals surface area contributed by atoms with Gasteiger partial charge in [0, 0.05) is 41.8 Å². The van der Waals surface area contributed by atoms with Gasteiger partial charge in [-0.3, -0.25) is 4.79 Å². The molecule has 27 heavy (non-hydrogen) atoms. The molecule has 1 saturated heterocycles. The van der Waals surface area contributed by atoms with Crippen LogP contribution in [-0.4, -0.2) is 56.7 Å². The predicted octanol–water partition coefficient (Wildman–Crippen LogP) is 2.07. The number of amides is 1. The summed E-state index contributed by atoms with van der Waals surface area (Å²) in [6, 6.07) is 2.46. The molecule has 0 atom stereocenters. The van der Waals surface area contributed by atoms with Crippen molar-refractivity contribution < 1.29 is 4.79 Å². The number of carbonyl (C=O) groups is 1. The molecular weight excluding hydrogens is 364 g/mol. The molecule has 0 spiro atoms. The van der Waals surface area contributed by atoms with Gasteiger partial charge in [-0.25, -0.2) is 14.6 Å². The molecule has 2 aromatic heterocycles. The van der Waals surface area contributed by atoms with Crippen molar-refractivity contribution in [2.24, 2.45) is 0 Å². The summed E-state index contributed by atoms with van der Waals surface area (Å²) in [5.74, 6) is 0.739. The van der Waals surface area contributed by atoms with Gasteiger partial charge in [-0.2, -0.15) is 5.10 Å². The normalized spacial score (nSPS) is 14.9. The lowest BCUT2D eigenvalue weighted by Crippen LogP contribution is -2.44. The third-order valence-corrected chi connectivity index (χ3v) is 5.19. The predicted molar refractivity (Wildman–Crippen MR) is 108 cm³/mol. The van der Waals surface area contributed by atoms with E-state index in [1.807, 2.05) is 45.7 Å². The van der Waals surface area contributed by atoms with Crippen LogP contribution in [0.2, 0.25) is 0 Å². The molecular formula is C19H29ClN6O. The first-order valence-corrected chi connectivity index (χ1v) is 9.22. The molecule has 0 bridgehead atoms. The minimum absolute atomic E-state index is 0. The number of piperidine rings is 1. The van der Waals surface area contributed by atoms with Crippen LogP contribution in [0.3, 0.4) is 0 Å². The lowest BCUT2D eigenvalue weighted by molar-refractivity contribution is -0.131. The van der Waals surface area contributed by atoms with Gasteiger partial charge in [0.2, 0.25) is 5.91 Å². The summed E-state index contributed by atoms with van der Waals surface area (Å²) in [6.45, 7) is 9.46. The second-order valence-corrected chi connectivity index (χ2v) is 7.13. The second-order valence-electron chi connectivity index (χ2n) is 7.13. The number of aromatic nitrogens is 4. The van der Waals surface area contributed by atoms with Crippen LogP contribution in [0.25, 0.3) is 5.95 Å². The molecule has 1 N–H and O–H groups in total. The zero-order valence-electron chi connectivity index (χ0n) is 16.7. The van der Waals surface area contributed by atoms with Gasteiger partial charge < -0.3 is 10.2 Å². The summed E-state index contributed by atoms with van der Waals surface area (Å²) >= 11 is 0. The van der Waals surface area contributed by atoms with Gasteiger partial charge in [-0.05, 0) is 53.7 Å². The molecule has 0 aromatic carbocycles. The van der Waals surface area contributed by atoms with Crippen molar-refractivity contribution in [3.63, 3.8) is 0 Å². The van der Waals surface area contributed by atoms with Crippen LogP contribution in [0.5, 0.6) is 0 Å². The van der Waals surface area contributed by atoms with E-state index in [-0.39, 0.29) is 18.3 Å². The van der Waals surface area contributed by atoms with Crippen LogP contribution in [0, 0.1) is 27.7 Å². The number of hydrogen-bond donors (Lipinski definition) is 1. The third kappa shape index (κ3) is 4.65. The van der Waals surface area contributed by atoms with Gasteiger partial charge in [-0.1, -0.05) is 0 Å². The largest absolute Gasteiger partial charge is 0.342 e. The fourth-order valence-electron chi connectivity index (χ4n) is 3.61. The quantitative estimate of drug-likeness (QED) is 0.861. The highest BCUT2D eigenvalue weighted by molar-refractivity contribution is 5.85. The van der Waals surface area contributed by atoms with Crippen molar-refractivity contribution in [1.82, 2.24) is 30.0 Å². The molecule has 3 rings (SSSR count). The summed E-state index contributed by atoms with van der Waals surface area (Å²) in [6.07, 6.45) is 2.40. The molecule has 1 amide bonds. The Morgan fingerprint density at radius 2 is 1.74 bits per heavy atom. The van der Waals surface area contributed by atoms with E-state index in [1.54, 1.807) is 4.68 Å². The smallest absolute Gasteiger partial charge is 0.251 e. The average Bonchev–Trinajstić information content (AvgIpc) is 2.89. The van der Waals surface area contributed by atoms with E-state index in [0.717, 1.165) is 54.3 Å². The fraction of sp³-hybridized carbons (Fsp3) is 0.579. The molecule has 3 heterocycles. The summed E-state index contributed by atoms with van der Waals surface area (Å²) in [7, 11) is 1.98. The van der Waals surface area contributed by atoms with Gasteiger partial charge in [0.05, 0.1) is 12.1 Å². The van der Waals surface area contributed by atoms with E-state index < -0.39 is 0 Å². The van der Waals surface area contributed by atoms with Gasteiger partial charge in [-0.15, -0.1) is 12.4 Å². The van der Waals surface area contributed by atoms with Crippen molar-refractivity contribution >= 4 is 18.3 Å². The van der Waals surface area contributed by atoms with Crippen molar-refractivity contribution in [1.29, 1.82) is 0 Å². The van der Waals surface area contributed by atoms with E-state index in [2.05, 4.69) is 20.4 Å². The van der Waals surface area contributed by atoms with E-state index in [0.29, 0.717) is 18.4 Å². The van der Waals surface area contributed by atoms with Crippen LogP contribution >= 0.6 is 12.4 Å². The lowest BCUT2D eigenvalue weighted by atomic mass is 10.0. The maximum Gasteiger partial charge on any atom is 0.251 e. The first-order valence-electron chi connectivity index (χ1n) is 9.22. The number of nitrogens with zero attached hydrogens (tertiary/aromatic N) is 5. The molecule has 0 saturated carbocycles. The number of nitrogens with one attached hydrogen (secondary N) is 1. The molecule has 0 radical (unpaired) electrons. The molecule has 148 valence electrons. The highest BCUT2D eigenvalue weighted by Crippen LogP contribution is 2.19. The highest BCUT2D eigenvalue weighted by Gasteiger charge is 2.24. The second kappa shape index (κ2) is 8.80. The van der Waals surface area contributed by atoms with Crippen LogP contribution < -0.4 is 5.32 Å². The Morgan fingerprint density at radius 3 is 2.30 bits per heavy atom. The van der Waals surface area contributed by atoms with Crippen molar-refractivity contribution in [3.8, 4) is 5.95 Å². The third-order valence-electron chi connectivity index (χ3n) is 5.19. The summed E-state index contributed by atoms with van der Waals surface area (Å²) in [5, 5.41) is 7.89. The van der Waals surface area contributed by atoms with Gasteiger partial charge >= 0.3 is 0 Å². The van der Waals surface area contributed by atoms with E-state index in [4.69, 9.17) is 0 Å². The monoisotopic (exact) mass is 392 g/mol. The Kier molecular flexibility index (Phi) is 6.95.